The number of aromatic nitrogens is 2. The zero-order valence-electron chi connectivity index (χ0n) is 14.5. The minimum absolute atomic E-state index is 0.0322. The van der Waals surface area contributed by atoms with Crippen molar-refractivity contribution in [2.75, 3.05) is 18.4 Å². The van der Waals surface area contributed by atoms with Crippen molar-refractivity contribution in [3.8, 4) is 0 Å². The fourth-order valence-electron chi connectivity index (χ4n) is 3.24. The molecule has 2 aliphatic rings. The van der Waals surface area contributed by atoms with E-state index in [1.807, 2.05) is 25.7 Å². The van der Waals surface area contributed by atoms with Gasteiger partial charge in [0.2, 0.25) is 5.95 Å². The summed E-state index contributed by atoms with van der Waals surface area (Å²) >= 11 is 0. The number of likely N-dealkylation sites (tertiary alicyclic amines) is 1. The predicted molar refractivity (Wildman–Crippen MR) is 88.1 cm³/mol. The van der Waals surface area contributed by atoms with Gasteiger partial charge in [-0.1, -0.05) is 0 Å². The van der Waals surface area contributed by atoms with Crippen molar-refractivity contribution in [3.63, 3.8) is 0 Å². The topological polar surface area (TPSA) is 67.3 Å². The Kier molecular flexibility index (Phi) is 4.36. The Labute approximate surface area is 141 Å². The minimum atomic E-state index is -0.510. The number of hydrogen-bond donors (Lipinski definition) is 1. The van der Waals surface area contributed by atoms with E-state index in [-0.39, 0.29) is 12.1 Å². The lowest BCUT2D eigenvalue weighted by atomic mass is 9.88. The quantitative estimate of drug-likeness (QED) is 0.918. The van der Waals surface area contributed by atoms with Crippen molar-refractivity contribution >= 4 is 12.0 Å². The maximum Gasteiger partial charge on any atom is 0.410 e. The third kappa shape index (κ3) is 4.13. The third-order valence-electron chi connectivity index (χ3n) is 4.69. The van der Waals surface area contributed by atoms with Crippen molar-refractivity contribution in [1.29, 1.82) is 0 Å². The lowest BCUT2D eigenvalue weighted by molar-refractivity contribution is 0.00461. The van der Waals surface area contributed by atoms with Crippen LogP contribution in [0.4, 0.5) is 15.1 Å². The second-order valence-electron chi connectivity index (χ2n) is 7.89. The molecule has 1 saturated carbocycles. The van der Waals surface area contributed by atoms with Gasteiger partial charge in [0.25, 0.3) is 0 Å². The first-order valence-corrected chi connectivity index (χ1v) is 8.47. The van der Waals surface area contributed by atoms with E-state index in [2.05, 4.69) is 15.3 Å². The molecule has 1 N–H and O–H groups in total. The van der Waals surface area contributed by atoms with Gasteiger partial charge in [0, 0.05) is 13.1 Å². The molecule has 2 fully saturated rings. The monoisotopic (exact) mass is 336 g/mol. The zero-order chi connectivity index (χ0) is 17.4. The molecule has 6 nitrogen and oxygen atoms in total. The molecule has 0 bridgehead atoms. The first-order valence-electron chi connectivity index (χ1n) is 8.47. The molecular weight excluding hydrogens is 311 g/mol. The van der Waals surface area contributed by atoms with Crippen LogP contribution < -0.4 is 5.32 Å². The highest BCUT2D eigenvalue weighted by Crippen LogP contribution is 2.55. The van der Waals surface area contributed by atoms with Crippen LogP contribution in [-0.2, 0) is 4.74 Å². The fraction of sp³-hybridized carbons (Fsp3) is 0.706. The molecule has 1 saturated heterocycles. The van der Waals surface area contributed by atoms with E-state index in [1.54, 1.807) is 0 Å². The highest BCUT2D eigenvalue weighted by molar-refractivity contribution is 5.69. The first kappa shape index (κ1) is 16.9. The zero-order valence-corrected chi connectivity index (χ0v) is 14.5. The van der Waals surface area contributed by atoms with Gasteiger partial charge in [-0.25, -0.2) is 19.2 Å². The highest BCUT2D eigenvalue weighted by Gasteiger charge is 2.49. The maximum atomic E-state index is 12.9. The number of hydrogen-bond acceptors (Lipinski definition) is 5. The number of carbonyl (C=O) groups excluding carboxylic acids is 1. The molecule has 1 unspecified atom stereocenters. The van der Waals surface area contributed by atoms with E-state index in [1.165, 1.54) is 12.8 Å². The molecular formula is C17H25FN4O2. The van der Waals surface area contributed by atoms with Crippen LogP contribution in [0.15, 0.2) is 12.4 Å². The Morgan fingerprint density at radius 1 is 1.38 bits per heavy atom. The van der Waals surface area contributed by atoms with Crippen molar-refractivity contribution in [2.24, 2.45) is 5.41 Å². The molecule has 1 amide bonds. The van der Waals surface area contributed by atoms with Crippen LogP contribution in [0.5, 0.6) is 0 Å². The maximum absolute atomic E-state index is 12.9. The lowest BCUT2D eigenvalue weighted by Crippen LogP contribution is -2.51. The van der Waals surface area contributed by atoms with E-state index in [9.17, 15) is 9.18 Å². The number of halogens is 1. The van der Waals surface area contributed by atoms with Gasteiger partial charge in [-0.2, -0.15) is 0 Å². The summed E-state index contributed by atoms with van der Waals surface area (Å²) in [6.45, 7) is 6.86. The molecule has 132 valence electrons. The van der Waals surface area contributed by atoms with Crippen molar-refractivity contribution in [3.05, 3.63) is 18.2 Å². The average Bonchev–Trinajstić information content (AvgIpc) is 3.24. The van der Waals surface area contributed by atoms with Crippen LogP contribution in [0.1, 0.15) is 46.5 Å². The van der Waals surface area contributed by atoms with Gasteiger partial charge in [0.1, 0.15) is 5.60 Å². The van der Waals surface area contributed by atoms with Gasteiger partial charge in [0.05, 0.1) is 18.4 Å². The number of nitrogens with one attached hydrogen (secondary N) is 1. The summed E-state index contributed by atoms with van der Waals surface area (Å²) in [5.74, 6) is -0.0958. The SMILES string of the molecule is CC(C)(C)OC(=O)N1CCC2(CC2)CC1CNc1ncc(F)cn1. The Bertz CT molecular complexity index is 596. The number of anilines is 1. The second-order valence-corrected chi connectivity index (χ2v) is 7.89. The molecule has 1 spiro atoms. The van der Waals surface area contributed by atoms with Gasteiger partial charge in [-0.05, 0) is 51.9 Å². The Balaban J connectivity index is 1.65. The van der Waals surface area contributed by atoms with Gasteiger partial charge >= 0.3 is 6.09 Å². The molecule has 1 aliphatic carbocycles. The molecule has 7 heteroatoms. The van der Waals surface area contributed by atoms with Crippen molar-refractivity contribution in [1.82, 2.24) is 14.9 Å². The Morgan fingerprint density at radius 3 is 2.62 bits per heavy atom. The van der Waals surface area contributed by atoms with E-state index in [0.29, 0.717) is 24.5 Å². The molecule has 1 aromatic heterocycles. The molecule has 3 rings (SSSR count). The summed E-state index contributed by atoms with van der Waals surface area (Å²) in [5, 5.41) is 3.12. The smallest absolute Gasteiger partial charge is 0.410 e. The first-order chi connectivity index (χ1) is 11.3. The molecule has 2 heterocycles. The Morgan fingerprint density at radius 2 is 2.04 bits per heavy atom. The summed E-state index contributed by atoms with van der Waals surface area (Å²) < 4.78 is 18.4. The van der Waals surface area contributed by atoms with E-state index in [0.717, 1.165) is 25.2 Å². The predicted octanol–water partition coefficient (Wildman–Crippen LogP) is 3.21. The van der Waals surface area contributed by atoms with E-state index in [4.69, 9.17) is 4.74 Å². The summed E-state index contributed by atoms with van der Waals surface area (Å²) in [6, 6.07) is 0.0322. The molecule has 1 aliphatic heterocycles. The van der Waals surface area contributed by atoms with E-state index >= 15 is 0 Å². The van der Waals surface area contributed by atoms with Gasteiger partial charge in [0.15, 0.2) is 5.82 Å². The minimum Gasteiger partial charge on any atom is -0.444 e. The van der Waals surface area contributed by atoms with Crippen molar-refractivity contribution < 1.29 is 13.9 Å². The van der Waals surface area contributed by atoms with Crippen molar-refractivity contribution in [2.45, 2.75) is 58.1 Å². The van der Waals surface area contributed by atoms with Gasteiger partial charge in [-0.3, -0.25) is 0 Å². The van der Waals surface area contributed by atoms with Crippen LogP contribution in [0.2, 0.25) is 0 Å². The number of carbonyl (C=O) groups is 1. The largest absolute Gasteiger partial charge is 0.444 e. The molecule has 1 aromatic rings. The number of piperidine rings is 1. The summed E-state index contributed by atoms with van der Waals surface area (Å²) in [5.41, 5.74) is -0.113. The van der Waals surface area contributed by atoms with Crippen LogP contribution in [-0.4, -0.2) is 45.7 Å². The van der Waals surface area contributed by atoms with Crippen LogP contribution in [0.3, 0.4) is 0 Å². The highest BCUT2D eigenvalue weighted by atomic mass is 19.1. The van der Waals surface area contributed by atoms with Crippen LogP contribution in [0, 0.1) is 11.2 Å². The normalized spacial score (nSPS) is 22.3. The Hall–Kier alpha value is -1.92. The summed E-state index contributed by atoms with van der Waals surface area (Å²) in [7, 11) is 0. The molecule has 0 radical (unpaired) electrons. The number of amides is 1. The number of ether oxygens (including phenoxy) is 1. The average molecular weight is 336 g/mol. The molecule has 1 atom stereocenters. The number of rotatable bonds is 3. The summed E-state index contributed by atoms with van der Waals surface area (Å²) in [6.07, 6.45) is 6.45. The number of nitrogens with zero attached hydrogens (tertiary/aromatic N) is 3. The van der Waals surface area contributed by atoms with Crippen LogP contribution >= 0.6 is 0 Å². The molecule has 0 aromatic carbocycles. The third-order valence-corrected chi connectivity index (χ3v) is 4.69. The van der Waals surface area contributed by atoms with Crippen LogP contribution in [0.25, 0.3) is 0 Å². The fourth-order valence-corrected chi connectivity index (χ4v) is 3.24. The lowest BCUT2D eigenvalue weighted by Gasteiger charge is -2.40. The van der Waals surface area contributed by atoms with E-state index < -0.39 is 11.4 Å². The molecule has 24 heavy (non-hydrogen) atoms. The second kappa shape index (κ2) is 6.18. The standard InChI is InChI=1S/C17H25FN4O2/c1-16(2,3)24-15(23)22-7-6-17(4-5-17)8-13(22)11-21-14-19-9-12(18)10-20-14/h9-10,13H,4-8,11H2,1-3H3,(H,19,20,21). The summed E-state index contributed by atoms with van der Waals surface area (Å²) in [4.78, 5) is 22.1. The van der Waals surface area contributed by atoms with Gasteiger partial charge in [-0.15, -0.1) is 0 Å². The van der Waals surface area contributed by atoms with Gasteiger partial charge < -0.3 is 15.0 Å².